The summed E-state index contributed by atoms with van der Waals surface area (Å²) in [5, 5.41) is 5.72. The number of carbonyl (C=O) groups excluding carboxylic acids is 1. The molecule has 6 nitrogen and oxygen atoms in total. The van der Waals surface area contributed by atoms with Gasteiger partial charge < -0.3 is 16.4 Å². The van der Waals surface area contributed by atoms with Gasteiger partial charge >= 0.3 is 0 Å². The summed E-state index contributed by atoms with van der Waals surface area (Å²) in [7, 11) is 0. The molecule has 0 saturated heterocycles. The topological polar surface area (TPSA) is 92.9 Å². The lowest BCUT2D eigenvalue weighted by molar-refractivity contribution is 0.101. The number of hydrogen-bond donors (Lipinski definition) is 3. The molecule has 1 heterocycles. The first-order chi connectivity index (χ1) is 12.4. The third-order valence-electron chi connectivity index (χ3n) is 3.62. The average Bonchev–Trinajstić information content (AvgIpc) is 2.61. The third-order valence-corrected chi connectivity index (χ3v) is 3.62. The number of rotatable bonds is 5. The zero-order chi connectivity index (χ0) is 18.7. The van der Waals surface area contributed by atoms with Gasteiger partial charge in [0.05, 0.1) is 5.69 Å². The standard InChI is InChI=1S/C18H15F2N5O/c1-10(26)11-2-5-13(6-3-11)24-17-16(21)18(23-9-22-17)25-15-7-4-12(19)8-14(15)20/h2-9H,21H2,1H3,(H2,22,23,24,25). The second-order valence-electron chi connectivity index (χ2n) is 5.49. The number of anilines is 5. The molecule has 0 aliphatic heterocycles. The Morgan fingerprint density at radius 2 is 1.65 bits per heavy atom. The highest BCUT2D eigenvalue weighted by molar-refractivity contribution is 5.94. The van der Waals surface area contributed by atoms with Gasteiger partial charge in [-0.05, 0) is 43.3 Å². The van der Waals surface area contributed by atoms with Crippen LogP contribution in [0.2, 0.25) is 0 Å². The summed E-state index contributed by atoms with van der Waals surface area (Å²) in [6.07, 6.45) is 1.26. The van der Waals surface area contributed by atoms with Crippen LogP contribution in [0, 0.1) is 11.6 Å². The largest absolute Gasteiger partial charge is 0.393 e. The van der Waals surface area contributed by atoms with Crippen molar-refractivity contribution in [3.05, 3.63) is 66.0 Å². The SMILES string of the molecule is CC(=O)c1ccc(Nc2ncnc(Nc3ccc(F)cc3F)c2N)cc1. The zero-order valence-electron chi connectivity index (χ0n) is 13.8. The van der Waals surface area contributed by atoms with Crippen molar-refractivity contribution in [3.8, 4) is 0 Å². The summed E-state index contributed by atoms with van der Waals surface area (Å²) in [6.45, 7) is 1.48. The first-order valence-electron chi connectivity index (χ1n) is 7.64. The third kappa shape index (κ3) is 3.75. The van der Waals surface area contributed by atoms with Crippen molar-refractivity contribution in [1.29, 1.82) is 0 Å². The number of nitrogen functional groups attached to an aromatic ring is 1. The number of nitrogens with zero attached hydrogens (tertiary/aromatic N) is 2. The summed E-state index contributed by atoms with van der Waals surface area (Å²) < 4.78 is 26.8. The number of ketones is 1. The molecule has 26 heavy (non-hydrogen) atoms. The van der Waals surface area contributed by atoms with Gasteiger partial charge in [0.2, 0.25) is 0 Å². The van der Waals surface area contributed by atoms with E-state index in [0.29, 0.717) is 17.1 Å². The van der Waals surface area contributed by atoms with Crippen molar-refractivity contribution in [2.45, 2.75) is 6.92 Å². The molecule has 0 amide bonds. The maximum Gasteiger partial charge on any atom is 0.159 e. The molecular weight excluding hydrogens is 340 g/mol. The van der Waals surface area contributed by atoms with Crippen LogP contribution in [0.15, 0.2) is 48.8 Å². The lowest BCUT2D eigenvalue weighted by Gasteiger charge is -2.13. The lowest BCUT2D eigenvalue weighted by atomic mass is 10.1. The molecule has 0 aliphatic rings. The number of Topliss-reactive ketones (excluding diaryl/α,β-unsaturated/α-hetero) is 1. The van der Waals surface area contributed by atoms with Gasteiger partial charge in [0, 0.05) is 17.3 Å². The predicted molar refractivity (Wildman–Crippen MR) is 95.8 cm³/mol. The minimum absolute atomic E-state index is 0.0357. The smallest absolute Gasteiger partial charge is 0.159 e. The number of carbonyl (C=O) groups is 1. The van der Waals surface area contributed by atoms with Gasteiger partial charge in [0.15, 0.2) is 17.4 Å². The molecule has 0 bridgehead atoms. The number of benzene rings is 2. The van der Waals surface area contributed by atoms with E-state index in [1.54, 1.807) is 24.3 Å². The summed E-state index contributed by atoms with van der Waals surface area (Å²) in [5.74, 6) is -1.00. The molecule has 2 aromatic carbocycles. The molecule has 1 aromatic heterocycles. The number of nitrogens with one attached hydrogen (secondary N) is 2. The fourth-order valence-electron chi connectivity index (χ4n) is 2.24. The minimum Gasteiger partial charge on any atom is -0.393 e. The molecule has 0 unspecified atom stereocenters. The van der Waals surface area contributed by atoms with Crippen LogP contribution in [0.1, 0.15) is 17.3 Å². The van der Waals surface area contributed by atoms with Crippen molar-refractivity contribution in [3.63, 3.8) is 0 Å². The first-order valence-corrected chi connectivity index (χ1v) is 7.64. The summed E-state index contributed by atoms with van der Waals surface area (Å²) >= 11 is 0. The number of aromatic nitrogens is 2. The first kappa shape index (κ1) is 17.3. The van der Waals surface area contributed by atoms with Gasteiger partial charge in [-0.3, -0.25) is 4.79 Å². The molecule has 0 atom stereocenters. The molecule has 8 heteroatoms. The van der Waals surface area contributed by atoms with E-state index in [1.165, 1.54) is 19.3 Å². The highest BCUT2D eigenvalue weighted by atomic mass is 19.1. The van der Waals surface area contributed by atoms with Gasteiger partial charge in [-0.15, -0.1) is 0 Å². The van der Waals surface area contributed by atoms with E-state index in [1.807, 2.05) is 0 Å². The molecule has 0 radical (unpaired) electrons. The Hall–Kier alpha value is -3.55. The monoisotopic (exact) mass is 355 g/mol. The molecule has 3 rings (SSSR count). The van der Waals surface area contributed by atoms with Crippen LogP contribution in [-0.4, -0.2) is 15.8 Å². The normalized spacial score (nSPS) is 10.4. The molecule has 4 N–H and O–H groups in total. The minimum atomic E-state index is -0.766. The molecule has 0 saturated carbocycles. The van der Waals surface area contributed by atoms with Crippen LogP contribution in [0.25, 0.3) is 0 Å². The molecular formula is C18H15F2N5O. The number of hydrogen-bond acceptors (Lipinski definition) is 6. The highest BCUT2D eigenvalue weighted by Crippen LogP contribution is 2.29. The van der Waals surface area contributed by atoms with Crippen LogP contribution in [0.5, 0.6) is 0 Å². The molecule has 0 fully saturated rings. The number of nitrogens with two attached hydrogens (primary N) is 1. The van der Waals surface area contributed by atoms with Crippen molar-refractivity contribution in [1.82, 2.24) is 9.97 Å². The van der Waals surface area contributed by atoms with Crippen molar-refractivity contribution in [2.24, 2.45) is 0 Å². The van der Waals surface area contributed by atoms with Crippen LogP contribution < -0.4 is 16.4 Å². The van der Waals surface area contributed by atoms with E-state index in [4.69, 9.17) is 5.73 Å². The van der Waals surface area contributed by atoms with Gasteiger partial charge in [-0.25, -0.2) is 18.7 Å². The zero-order valence-corrected chi connectivity index (χ0v) is 13.8. The maximum atomic E-state index is 13.8. The fourth-order valence-corrected chi connectivity index (χ4v) is 2.24. The van der Waals surface area contributed by atoms with Crippen molar-refractivity contribution < 1.29 is 13.6 Å². The van der Waals surface area contributed by atoms with E-state index in [9.17, 15) is 13.6 Å². The Balaban J connectivity index is 1.83. The summed E-state index contributed by atoms with van der Waals surface area (Å²) in [4.78, 5) is 19.4. The second kappa shape index (κ2) is 7.14. The van der Waals surface area contributed by atoms with Crippen LogP contribution >= 0.6 is 0 Å². The van der Waals surface area contributed by atoms with Crippen molar-refractivity contribution in [2.75, 3.05) is 16.4 Å². The average molecular weight is 355 g/mol. The molecule has 0 aliphatic carbocycles. The Labute approximate surface area is 148 Å². The van der Waals surface area contributed by atoms with Gasteiger partial charge in [0.1, 0.15) is 23.6 Å². The maximum absolute atomic E-state index is 13.8. The second-order valence-corrected chi connectivity index (χ2v) is 5.49. The summed E-state index contributed by atoms with van der Waals surface area (Å²) in [5.41, 5.74) is 7.48. The van der Waals surface area contributed by atoms with Gasteiger partial charge in [-0.1, -0.05) is 0 Å². The quantitative estimate of drug-likeness (QED) is 0.599. The van der Waals surface area contributed by atoms with E-state index in [0.717, 1.165) is 12.1 Å². The molecule has 132 valence electrons. The molecule has 0 spiro atoms. The van der Waals surface area contributed by atoms with Crippen LogP contribution in [-0.2, 0) is 0 Å². The van der Waals surface area contributed by atoms with E-state index >= 15 is 0 Å². The Morgan fingerprint density at radius 3 is 2.27 bits per heavy atom. The highest BCUT2D eigenvalue weighted by Gasteiger charge is 2.11. The lowest BCUT2D eigenvalue weighted by Crippen LogP contribution is -2.06. The predicted octanol–water partition coefficient (Wildman–Crippen LogP) is 4.03. The van der Waals surface area contributed by atoms with E-state index in [-0.39, 0.29) is 23.0 Å². The Bertz CT molecular complexity index is 960. The number of halogens is 2. The Morgan fingerprint density at radius 1 is 1.00 bits per heavy atom. The van der Waals surface area contributed by atoms with Crippen LogP contribution in [0.4, 0.5) is 37.5 Å². The van der Waals surface area contributed by atoms with E-state index in [2.05, 4.69) is 20.6 Å². The van der Waals surface area contributed by atoms with Crippen LogP contribution in [0.3, 0.4) is 0 Å². The van der Waals surface area contributed by atoms with Gasteiger partial charge in [0.25, 0.3) is 0 Å². The fraction of sp³-hybridized carbons (Fsp3) is 0.0556. The van der Waals surface area contributed by atoms with Crippen molar-refractivity contribution >= 4 is 34.5 Å². The summed E-state index contributed by atoms with van der Waals surface area (Å²) in [6, 6.07) is 9.91. The van der Waals surface area contributed by atoms with Gasteiger partial charge in [-0.2, -0.15) is 0 Å². The Kier molecular flexibility index (Phi) is 4.74. The van der Waals surface area contributed by atoms with E-state index < -0.39 is 11.6 Å². The molecule has 3 aromatic rings.